The van der Waals surface area contributed by atoms with Gasteiger partial charge in [0.1, 0.15) is 17.4 Å². The SMILES string of the molecule is CC(C)(C)OC(=O)NC[C@@H](F)C[C@@H](CN)NC(=O)OC(C)(C)C. The molecule has 0 saturated heterocycles. The average molecular weight is 335 g/mol. The summed E-state index contributed by atoms with van der Waals surface area (Å²) >= 11 is 0. The van der Waals surface area contributed by atoms with Crippen LogP contribution >= 0.6 is 0 Å². The van der Waals surface area contributed by atoms with E-state index < -0.39 is 35.6 Å². The molecule has 0 fully saturated rings. The lowest BCUT2D eigenvalue weighted by Crippen LogP contribution is -2.45. The third kappa shape index (κ3) is 12.6. The second-order valence-corrected chi connectivity index (χ2v) is 7.29. The van der Waals surface area contributed by atoms with Gasteiger partial charge in [-0.1, -0.05) is 0 Å². The molecule has 23 heavy (non-hydrogen) atoms. The second-order valence-electron chi connectivity index (χ2n) is 7.29. The molecule has 0 aliphatic carbocycles. The maximum absolute atomic E-state index is 13.9. The highest BCUT2D eigenvalue weighted by Gasteiger charge is 2.22. The van der Waals surface area contributed by atoms with Crippen LogP contribution in [0.4, 0.5) is 14.0 Å². The van der Waals surface area contributed by atoms with Crippen LogP contribution in [0, 0.1) is 0 Å². The summed E-state index contributed by atoms with van der Waals surface area (Å²) < 4.78 is 24.0. The van der Waals surface area contributed by atoms with Crippen molar-refractivity contribution in [2.45, 2.75) is 71.4 Å². The van der Waals surface area contributed by atoms with Gasteiger partial charge in [-0.05, 0) is 41.5 Å². The Hall–Kier alpha value is -1.57. The Morgan fingerprint density at radius 3 is 1.96 bits per heavy atom. The molecule has 0 unspecified atom stereocenters. The van der Waals surface area contributed by atoms with E-state index in [0.29, 0.717) is 0 Å². The number of carbonyl (C=O) groups excluding carboxylic acids is 2. The lowest BCUT2D eigenvalue weighted by Gasteiger charge is -2.24. The van der Waals surface area contributed by atoms with Crippen LogP contribution in [0.2, 0.25) is 0 Å². The molecule has 0 aliphatic rings. The fourth-order valence-corrected chi connectivity index (χ4v) is 1.59. The van der Waals surface area contributed by atoms with E-state index in [9.17, 15) is 14.0 Å². The summed E-state index contributed by atoms with van der Waals surface area (Å²) in [5, 5.41) is 4.85. The molecule has 2 atom stereocenters. The summed E-state index contributed by atoms with van der Waals surface area (Å²) in [7, 11) is 0. The number of rotatable bonds is 6. The predicted octanol–water partition coefficient (Wildman–Crippen LogP) is 2.09. The molecule has 0 aromatic carbocycles. The van der Waals surface area contributed by atoms with Crippen molar-refractivity contribution in [3.63, 3.8) is 0 Å². The van der Waals surface area contributed by atoms with E-state index in [0.717, 1.165) is 0 Å². The van der Waals surface area contributed by atoms with Gasteiger partial charge in [0, 0.05) is 19.0 Å². The lowest BCUT2D eigenvalue weighted by atomic mass is 10.1. The third-order valence-electron chi connectivity index (χ3n) is 2.41. The number of hydrogen-bond acceptors (Lipinski definition) is 5. The number of nitrogens with one attached hydrogen (secondary N) is 2. The first-order valence-corrected chi connectivity index (χ1v) is 7.63. The van der Waals surface area contributed by atoms with E-state index in [2.05, 4.69) is 10.6 Å². The normalized spacial score (nSPS) is 14.6. The van der Waals surface area contributed by atoms with E-state index in [4.69, 9.17) is 15.2 Å². The molecule has 0 bridgehead atoms. The van der Waals surface area contributed by atoms with Crippen LogP contribution in [-0.2, 0) is 9.47 Å². The number of carbonyl (C=O) groups is 2. The Morgan fingerprint density at radius 2 is 1.52 bits per heavy atom. The quantitative estimate of drug-likeness (QED) is 0.690. The van der Waals surface area contributed by atoms with E-state index >= 15 is 0 Å². The summed E-state index contributed by atoms with van der Waals surface area (Å²) in [6, 6.07) is -0.583. The zero-order chi connectivity index (χ0) is 18.3. The summed E-state index contributed by atoms with van der Waals surface area (Å²) in [5.41, 5.74) is 4.24. The number of amides is 2. The Morgan fingerprint density at radius 1 is 1.04 bits per heavy atom. The zero-order valence-corrected chi connectivity index (χ0v) is 14.9. The molecule has 0 rings (SSSR count). The molecular weight excluding hydrogens is 305 g/mol. The van der Waals surface area contributed by atoms with Crippen molar-refractivity contribution < 1.29 is 23.5 Å². The fourth-order valence-electron chi connectivity index (χ4n) is 1.59. The molecule has 0 radical (unpaired) electrons. The van der Waals surface area contributed by atoms with Gasteiger partial charge in [0.2, 0.25) is 0 Å². The number of hydrogen-bond donors (Lipinski definition) is 3. The molecule has 0 aromatic heterocycles. The molecule has 0 aliphatic heterocycles. The zero-order valence-electron chi connectivity index (χ0n) is 14.9. The highest BCUT2D eigenvalue weighted by molar-refractivity contribution is 5.68. The minimum absolute atomic E-state index is 0.0362. The lowest BCUT2D eigenvalue weighted by molar-refractivity contribution is 0.0473. The molecule has 0 spiro atoms. The first-order chi connectivity index (χ1) is 10.3. The van der Waals surface area contributed by atoms with Crippen LogP contribution < -0.4 is 16.4 Å². The van der Waals surface area contributed by atoms with Gasteiger partial charge in [-0.25, -0.2) is 14.0 Å². The largest absolute Gasteiger partial charge is 0.444 e. The number of alkyl halides is 1. The maximum atomic E-state index is 13.9. The molecule has 7 nitrogen and oxygen atoms in total. The second kappa shape index (κ2) is 8.90. The van der Waals surface area contributed by atoms with Gasteiger partial charge in [-0.2, -0.15) is 0 Å². The van der Waals surface area contributed by atoms with Crippen molar-refractivity contribution in [3.8, 4) is 0 Å². The summed E-state index contributed by atoms with van der Waals surface area (Å²) in [6.07, 6.45) is -2.75. The molecule has 136 valence electrons. The molecule has 8 heteroatoms. The molecule has 0 heterocycles. The van der Waals surface area contributed by atoms with E-state index in [1.54, 1.807) is 41.5 Å². The molecular formula is C15H30FN3O4. The van der Waals surface area contributed by atoms with Crippen molar-refractivity contribution in [1.82, 2.24) is 10.6 Å². The van der Waals surface area contributed by atoms with Crippen LogP contribution in [0.25, 0.3) is 0 Å². The van der Waals surface area contributed by atoms with Gasteiger partial charge in [0.05, 0.1) is 6.54 Å². The van der Waals surface area contributed by atoms with Crippen molar-refractivity contribution in [2.75, 3.05) is 13.1 Å². The predicted molar refractivity (Wildman–Crippen MR) is 86.0 cm³/mol. The van der Waals surface area contributed by atoms with Crippen LogP contribution in [0.3, 0.4) is 0 Å². The summed E-state index contributed by atoms with van der Waals surface area (Å²) in [4.78, 5) is 23.1. The van der Waals surface area contributed by atoms with E-state index in [1.807, 2.05) is 0 Å². The first-order valence-electron chi connectivity index (χ1n) is 7.63. The summed E-state index contributed by atoms with van der Waals surface area (Å²) in [5.74, 6) is 0. The molecule has 4 N–H and O–H groups in total. The van der Waals surface area contributed by atoms with Crippen LogP contribution in [-0.4, -0.2) is 48.7 Å². The topological polar surface area (TPSA) is 103 Å². The Bertz CT molecular complexity index is 391. The molecule has 2 amide bonds. The highest BCUT2D eigenvalue weighted by Crippen LogP contribution is 2.09. The molecule has 0 saturated carbocycles. The van der Waals surface area contributed by atoms with Crippen LogP contribution in [0.15, 0.2) is 0 Å². The Balaban J connectivity index is 4.21. The summed E-state index contributed by atoms with van der Waals surface area (Å²) in [6.45, 7) is 10.2. The van der Waals surface area contributed by atoms with Gasteiger partial charge < -0.3 is 25.8 Å². The third-order valence-corrected chi connectivity index (χ3v) is 2.41. The Labute approximate surface area is 137 Å². The number of alkyl carbamates (subject to hydrolysis) is 2. The van der Waals surface area contributed by atoms with Gasteiger partial charge in [-0.15, -0.1) is 0 Å². The van der Waals surface area contributed by atoms with Crippen molar-refractivity contribution in [2.24, 2.45) is 5.73 Å². The number of halogens is 1. The average Bonchev–Trinajstić information content (AvgIpc) is 2.31. The van der Waals surface area contributed by atoms with Crippen molar-refractivity contribution in [1.29, 1.82) is 0 Å². The highest BCUT2D eigenvalue weighted by atomic mass is 19.1. The van der Waals surface area contributed by atoms with Crippen LogP contribution in [0.1, 0.15) is 48.0 Å². The minimum atomic E-state index is -1.37. The van der Waals surface area contributed by atoms with Crippen LogP contribution in [0.5, 0.6) is 0 Å². The number of nitrogens with two attached hydrogens (primary N) is 1. The van der Waals surface area contributed by atoms with E-state index in [-0.39, 0.29) is 19.5 Å². The van der Waals surface area contributed by atoms with Gasteiger partial charge in [0.15, 0.2) is 0 Å². The maximum Gasteiger partial charge on any atom is 0.407 e. The first kappa shape index (κ1) is 21.4. The van der Waals surface area contributed by atoms with Crippen molar-refractivity contribution in [3.05, 3.63) is 0 Å². The van der Waals surface area contributed by atoms with Gasteiger partial charge >= 0.3 is 12.2 Å². The number of ether oxygens (including phenoxy) is 2. The van der Waals surface area contributed by atoms with Gasteiger partial charge in [-0.3, -0.25) is 0 Å². The minimum Gasteiger partial charge on any atom is -0.444 e. The molecule has 0 aromatic rings. The van der Waals surface area contributed by atoms with Crippen molar-refractivity contribution >= 4 is 12.2 Å². The smallest absolute Gasteiger partial charge is 0.407 e. The Kier molecular flexibility index (Phi) is 8.30. The standard InChI is InChI=1S/C15H30FN3O4/c1-14(2,3)22-12(20)18-9-10(16)7-11(8-17)19-13(21)23-15(4,5)6/h10-11H,7-9,17H2,1-6H3,(H,18,20)(H,19,21)/t10-,11-/m0/s1. The monoisotopic (exact) mass is 335 g/mol. The van der Waals surface area contributed by atoms with E-state index in [1.165, 1.54) is 0 Å². The fraction of sp³-hybridized carbons (Fsp3) is 0.867. The van der Waals surface area contributed by atoms with Gasteiger partial charge in [0.25, 0.3) is 0 Å².